The van der Waals surface area contributed by atoms with Gasteiger partial charge in [-0.05, 0) is 48.6 Å². The van der Waals surface area contributed by atoms with Gasteiger partial charge in [0.1, 0.15) is 0 Å². The van der Waals surface area contributed by atoms with Gasteiger partial charge in [0.2, 0.25) is 0 Å². The molecule has 0 N–H and O–H groups in total. The SMILES string of the molecule is CC(C)CCCCCCCc1cnc(-c2ccc(CCCCCCC(C)C)cc2)nc1. The lowest BCUT2D eigenvalue weighted by Crippen LogP contribution is -1.94. The summed E-state index contributed by atoms with van der Waals surface area (Å²) in [5.74, 6) is 2.53. The molecule has 0 aliphatic carbocycles. The van der Waals surface area contributed by atoms with Crippen LogP contribution in [-0.4, -0.2) is 9.97 Å². The first kappa shape index (κ1) is 25.6. The van der Waals surface area contributed by atoms with Crippen molar-refractivity contribution in [2.45, 2.75) is 111 Å². The molecule has 172 valence electrons. The Morgan fingerprint density at radius 2 is 1.00 bits per heavy atom. The number of hydrogen-bond donors (Lipinski definition) is 0. The maximum Gasteiger partial charge on any atom is 0.159 e. The molecule has 0 atom stereocenters. The summed E-state index contributed by atoms with van der Waals surface area (Å²) in [5.41, 5.74) is 3.81. The van der Waals surface area contributed by atoms with Crippen molar-refractivity contribution in [2.24, 2.45) is 11.8 Å². The Kier molecular flexibility index (Phi) is 12.5. The number of rotatable bonds is 16. The highest BCUT2D eigenvalue weighted by atomic mass is 14.9. The molecule has 31 heavy (non-hydrogen) atoms. The van der Waals surface area contributed by atoms with Crippen LogP contribution in [0.1, 0.15) is 109 Å². The summed E-state index contributed by atoms with van der Waals surface area (Å²) in [6.45, 7) is 9.26. The predicted molar refractivity (Wildman–Crippen MR) is 135 cm³/mol. The van der Waals surface area contributed by atoms with Crippen LogP contribution in [0.2, 0.25) is 0 Å². The highest BCUT2D eigenvalue weighted by Crippen LogP contribution is 2.18. The molecule has 0 radical (unpaired) electrons. The van der Waals surface area contributed by atoms with E-state index in [0.717, 1.165) is 29.6 Å². The molecule has 0 bridgehead atoms. The first-order chi connectivity index (χ1) is 15.0. The number of aromatic nitrogens is 2. The van der Waals surface area contributed by atoms with E-state index in [1.165, 1.54) is 88.2 Å². The third-order valence-electron chi connectivity index (χ3n) is 6.16. The van der Waals surface area contributed by atoms with E-state index in [-0.39, 0.29) is 0 Å². The highest BCUT2D eigenvalue weighted by Gasteiger charge is 2.03. The van der Waals surface area contributed by atoms with Gasteiger partial charge in [-0.15, -0.1) is 0 Å². The van der Waals surface area contributed by atoms with Gasteiger partial charge in [0.25, 0.3) is 0 Å². The molecule has 0 saturated heterocycles. The molecular formula is C29H46N2. The van der Waals surface area contributed by atoms with Gasteiger partial charge >= 0.3 is 0 Å². The first-order valence-corrected chi connectivity index (χ1v) is 12.9. The topological polar surface area (TPSA) is 25.8 Å². The van der Waals surface area contributed by atoms with Gasteiger partial charge < -0.3 is 0 Å². The summed E-state index contributed by atoms with van der Waals surface area (Å²) in [6.07, 6.45) is 21.1. The Balaban J connectivity index is 1.65. The van der Waals surface area contributed by atoms with E-state index in [4.69, 9.17) is 0 Å². The molecule has 0 fully saturated rings. The van der Waals surface area contributed by atoms with E-state index < -0.39 is 0 Å². The van der Waals surface area contributed by atoms with Crippen molar-refractivity contribution in [3.05, 3.63) is 47.8 Å². The minimum atomic E-state index is 0.841. The molecule has 0 aliphatic rings. The monoisotopic (exact) mass is 422 g/mol. The average molecular weight is 423 g/mol. The Morgan fingerprint density at radius 3 is 1.52 bits per heavy atom. The second-order valence-corrected chi connectivity index (χ2v) is 10.2. The zero-order valence-corrected chi connectivity index (χ0v) is 20.7. The van der Waals surface area contributed by atoms with Gasteiger partial charge in [0, 0.05) is 18.0 Å². The molecule has 1 heterocycles. The van der Waals surface area contributed by atoms with Crippen LogP contribution in [0.15, 0.2) is 36.7 Å². The number of unbranched alkanes of at least 4 members (excludes halogenated alkanes) is 7. The van der Waals surface area contributed by atoms with Gasteiger partial charge in [-0.2, -0.15) is 0 Å². The third-order valence-corrected chi connectivity index (χ3v) is 6.16. The minimum Gasteiger partial charge on any atom is -0.236 e. The fourth-order valence-electron chi connectivity index (χ4n) is 4.10. The maximum absolute atomic E-state index is 4.63. The minimum absolute atomic E-state index is 0.841. The van der Waals surface area contributed by atoms with Crippen molar-refractivity contribution in [3.63, 3.8) is 0 Å². The van der Waals surface area contributed by atoms with Gasteiger partial charge in [0.05, 0.1) is 0 Å². The van der Waals surface area contributed by atoms with Gasteiger partial charge in [-0.3, -0.25) is 0 Å². The lowest BCUT2D eigenvalue weighted by Gasteiger charge is -2.06. The summed E-state index contributed by atoms with van der Waals surface area (Å²) < 4.78 is 0. The summed E-state index contributed by atoms with van der Waals surface area (Å²) in [4.78, 5) is 9.25. The summed E-state index contributed by atoms with van der Waals surface area (Å²) in [7, 11) is 0. The number of aryl methyl sites for hydroxylation is 2. The van der Waals surface area contributed by atoms with Crippen molar-refractivity contribution >= 4 is 0 Å². The smallest absolute Gasteiger partial charge is 0.159 e. The first-order valence-electron chi connectivity index (χ1n) is 12.9. The van der Waals surface area contributed by atoms with E-state index in [0.29, 0.717) is 0 Å². The maximum atomic E-state index is 4.63. The Morgan fingerprint density at radius 1 is 0.548 bits per heavy atom. The van der Waals surface area contributed by atoms with Crippen LogP contribution in [0, 0.1) is 11.8 Å². The van der Waals surface area contributed by atoms with Crippen molar-refractivity contribution in [3.8, 4) is 11.4 Å². The van der Waals surface area contributed by atoms with Gasteiger partial charge in [-0.1, -0.05) is 110 Å². The van der Waals surface area contributed by atoms with E-state index in [1.807, 2.05) is 12.4 Å². The fourth-order valence-corrected chi connectivity index (χ4v) is 4.10. The summed E-state index contributed by atoms with van der Waals surface area (Å²) in [6, 6.07) is 8.86. The van der Waals surface area contributed by atoms with Crippen molar-refractivity contribution in [2.75, 3.05) is 0 Å². The van der Waals surface area contributed by atoms with Crippen LogP contribution in [0.3, 0.4) is 0 Å². The third kappa shape index (κ3) is 11.5. The van der Waals surface area contributed by atoms with Gasteiger partial charge in [-0.25, -0.2) is 9.97 Å². The van der Waals surface area contributed by atoms with E-state index in [2.05, 4.69) is 61.9 Å². The van der Waals surface area contributed by atoms with E-state index in [9.17, 15) is 0 Å². The highest BCUT2D eigenvalue weighted by molar-refractivity contribution is 5.55. The molecule has 0 spiro atoms. The lowest BCUT2D eigenvalue weighted by atomic mass is 10.0. The van der Waals surface area contributed by atoms with Crippen LogP contribution < -0.4 is 0 Å². The number of hydrogen-bond acceptors (Lipinski definition) is 2. The molecule has 0 saturated carbocycles. The molecule has 2 nitrogen and oxygen atoms in total. The van der Waals surface area contributed by atoms with E-state index in [1.54, 1.807) is 0 Å². The molecule has 1 aromatic carbocycles. The normalized spacial score (nSPS) is 11.5. The Bertz CT molecular complexity index is 686. The Hall–Kier alpha value is -1.70. The molecule has 0 aliphatic heterocycles. The van der Waals surface area contributed by atoms with Crippen LogP contribution >= 0.6 is 0 Å². The number of benzene rings is 1. The molecule has 2 heteroatoms. The quantitative estimate of drug-likeness (QED) is 0.252. The van der Waals surface area contributed by atoms with Crippen LogP contribution in [-0.2, 0) is 12.8 Å². The van der Waals surface area contributed by atoms with Crippen LogP contribution in [0.5, 0.6) is 0 Å². The molecule has 0 amide bonds. The Labute approximate surface area is 192 Å². The molecule has 2 rings (SSSR count). The zero-order chi connectivity index (χ0) is 22.3. The lowest BCUT2D eigenvalue weighted by molar-refractivity contribution is 0.515. The van der Waals surface area contributed by atoms with Crippen molar-refractivity contribution in [1.29, 1.82) is 0 Å². The molecule has 1 aromatic heterocycles. The molecule has 2 aromatic rings. The second kappa shape index (κ2) is 15.2. The van der Waals surface area contributed by atoms with Crippen molar-refractivity contribution < 1.29 is 0 Å². The zero-order valence-electron chi connectivity index (χ0n) is 20.7. The standard InChI is InChI=1S/C29H46N2/c1-24(2)14-10-6-5-7-13-17-27-22-30-29(31-23-27)28-20-18-26(19-21-28)16-12-9-8-11-15-25(3)4/h18-25H,5-17H2,1-4H3. The summed E-state index contributed by atoms with van der Waals surface area (Å²) >= 11 is 0. The van der Waals surface area contributed by atoms with Crippen molar-refractivity contribution in [1.82, 2.24) is 9.97 Å². The van der Waals surface area contributed by atoms with Crippen LogP contribution in [0.25, 0.3) is 11.4 Å². The summed E-state index contributed by atoms with van der Waals surface area (Å²) in [5, 5.41) is 0. The number of nitrogens with zero attached hydrogens (tertiary/aromatic N) is 2. The van der Waals surface area contributed by atoms with E-state index >= 15 is 0 Å². The molecular weight excluding hydrogens is 376 g/mol. The largest absolute Gasteiger partial charge is 0.236 e. The second-order valence-electron chi connectivity index (χ2n) is 10.2. The van der Waals surface area contributed by atoms with Crippen LogP contribution in [0.4, 0.5) is 0 Å². The average Bonchev–Trinajstić information content (AvgIpc) is 2.76. The predicted octanol–water partition coefficient (Wildman–Crippen LogP) is 8.83. The van der Waals surface area contributed by atoms with Gasteiger partial charge in [0.15, 0.2) is 5.82 Å². The fraction of sp³-hybridized carbons (Fsp3) is 0.655. The molecule has 0 unspecified atom stereocenters.